The average molecular weight is 226 g/mol. The summed E-state index contributed by atoms with van der Waals surface area (Å²) in [5.74, 6) is -1.55. The lowest BCUT2D eigenvalue weighted by molar-refractivity contribution is 0.500. The first-order valence-corrected chi connectivity index (χ1v) is 5.36. The summed E-state index contributed by atoms with van der Waals surface area (Å²) in [5, 5.41) is 3.19. The van der Waals surface area contributed by atoms with Gasteiger partial charge in [-0.1, -0.05) is 6.07 Å². The van der Waals surface area contributed by atoms with Gasteiger partial charge in [-0.05, 0) is 31.5 Å². The van der Waals surface area contributed by atoms with E-state index in [2.05, 4.69) is 5.32 Å². The Morgan fingerprint density at radius 1 is 1.25 bits per heavy atom. The fraction of sp³-hybridized carbons (Fsp3) is 0.500. The van der Waals surface area contributed by atoms with Crippen molar-refractivity contribution in [3.05, 3.63) is 29.3 Å². The van der Waals surface area contributed by atoms with Gasteiger partial charge in [-0.3, -0.25) is 0 Å². The van der Waals surface area contributed by atoms with E-state index in [1.54, 1.807) is 25.1 Å². The zero-order valence-electron chi connectivity index (χ0n) is 9.77. The maximum absolute atomic E-state index is 13.8. The average Bonchev–Trinajstić information content (AvgIpc) is 3.02. The molecule has 0 radical (unpaired) electrons. The number of hydrogen-bond donors (Lipinski definition) is 1. The Morgan fingerprint density at radius 3 is 2.31 bits per heavy atom. The molecule has 0 bridgehead atoms. The van der Waals surface area contributed by atoms with Crippen LogP contribution in [0.4, 0.5) is 14.5 Å². The van der Waals surface area contributed by atoms with Gasteiger partial charge in [0.05, 0.1) is 5.69 Å². The Balaban J connectivity index is 2.57. The molecule has 0 unspecified atom stereocenters. The minimum absolute atomic E-state index is 0.159. The highest BCUT2D eigenvalue weighted by atomic mass is 19.2. The summed E-state index contributed by atoms with van der Waals surface area (Å²) in [5.41, 5.74) is 1.04. The zero-order valence-corrected chi connectivity index (χ0v) is 9.77. The van der Waals surface area contributed by atoms with E-state index in [1.807, 2.05) is 7.05 Å². The highest BCUT2D eigenvalue weighted by molar-refractivity contribution is 5.58. The van der Waals surface area contributed by atoms with E-state index in [4.69, 9.17) is 0 Å². The third kappa shape index (κ3) is 1.57. The van der Waals surface area contributed by atoms with Gasteiger partial charge in [0.25, 0.3) is 0 Å². The summed E-state index contributed by atoms with van der Waals surface area (Å²) in [6.45, 7) is 0. The van der Waals surface area contributed by atoms with E-state index in [0.29, 0.717) is 5.69 Å². The van der Waals surface area contributed by atoms with Crippen LogP contribution >= 0.6 is 0 Å². The molecule has 0 spiro atoms. The van der Waals surface area contributed by atoms with E-state index < -0.39 is 11.6 Å². The van der Waals surface area contributed by atoms with Crippen LogP contribution in [0.1, 0.15) is 18.4 Å². The van der Waals surface area contributed by atoms with Crippen LogP contribution < -0.4 is 10.2 Å². The minimum atomic E-state index is -0.792. The van der Waals surface area contributed by atoms with Gasteiger partial charge in [0.1, 0.15) is 0 Å². The third-order valence-electron chi connectivity index (χ3n) is 3.26. The lowest BCUT2D eigenvalue weighted by Gasteiger charge is -2.24. The van der Waals surface area contributed by atoms with Crippen LogP contribution in [0, 0.1) is 11.6 Å². The Labute approximate surface area is 94.3 Å². The highest BCUT2D eigenvalue weighted by Gasteiger charge is 2.45. The van der Waals surface area contributed by atoms with Gasteiger partial charge in [0.2, 0.25) is 0 Å². The molecular formula is C12H16F2N2. The lowest BCUT2D eigenvalue weighted by Crippen LogP contribution is -2.28. The van der Waals surface area contributed by atoms with Crippen LogP contribution in [-0.4, -0.2) is 21.1 Å². The van der Waals surface area contributed by atoms with Crippen LogP contribution in [-0.2, 0) is 5.54 Å². The van der Waals surface area contributed by atoms with Crippen molar-refractivity contribution in [3.8, 4) is 0 Å². The number of halogens is 2. The third-order valence-corrected chi connectivity index (χ3v) is 3.26. The van der Waals surface area contributed by atoms with E-state index >= 15 is 0 Å². The van der Waals surface area contributed by atoms with Crippen molar-refractivity contribution in [2.45, 2.75) is 18.4 Å². The first kappa shape index (κ1) is 11.3. The molecule has 1 N–H and O–H groups in total. The van der Waals surface area contributed by atoms with Gasteiger partial charge in [-0.15, -0.1) is 0 Å². The molecule has 0 amide bonds. The van der Waals surface area contributed by atoms with Gasteiger partial charge in [0, 0.05) is 19.6 Å². The van der Waals surface area contributed by atoms with Crippen LogP contribution in [0.25, 0.3) is 0 Å². The topological polar surface area (TPSA) is 15.3 Å². The molecule has 1 aromatic rings. The minimum Gasteiger partial charge on any atom is -0.375 e. The van der Waals surface area contributed by atoms with Crippen LogP contribution in [0.5, 0.6) is 0 Å². The number of benzene rings is 1. The molecule has 2 rings (SSSR count). The zero-order chi connectivity index (χ0) is 11.9. The normalized spacial score (nSPS) is 17.3. The van der Waals surface area contributed by atoms with Crippen LogP contribution in [0.3, 0.4) is 0 Å². The maximum atomic E-state index is 13.8. The molecule has 0 aromatic heterocycles. The molecule has 1 aliphatic rings. The highest BCUT2D eigenvalue weighted by Crippen LogP contribution is 2.49. The van der Waals surface area contributed by atoms with Gasteiger partial charge in [0.15, 0.2) is 11.6 Å². The van der Waals surface area contributed by atoms with Gasteiger partial charge in [-0.2, -0.15) is 0 Å². The van der Waals surface area contributed by atoms with E-state index in [0.717, 1.165) is 18.4 Å². The van der Waals surface area contributed by atoms with E-state index in [9.17, 15) is 8.78 Å². The Kier molecular flexibility index (Phi) is 2.62. The first-order chi connectivity index (χ1) is 7.52. The van der Waals surface area contributed by atoms with Crippen molar-refractivity contribution in [1.29, 1.82) is 0 Å². The van der Waals surface area contributed by atoms with E-state index in [1.165, 1.54) is 6.07 Å². The molecule has 88 valence electrons. The van der Waals surface area contributed by atoms with Crippen molar-refractivity contribution in [1.82, 2.24) is 5.32 Å². The molecular weight excluding hydrogens is 210 g/mol. The second-order valence-corrected chi connectivity index (χ2v) is 4.48. The molecule has 0 saturated heterocycles. The van der Waals surface area contributed by atoms with Crippen molar-refractivity contribution in [2.75, 3.05) is 26.0 Å². The fourth-order valence-corrected chi connectivity index (χ4v) is 2.14. The molecule has 0 aliphatic heterocycles. The smallest absolute Gasteiger partial charge is 0.182 e. The molecule has 1 aromatic carbocycles. The Bertz CT molecular complexity index is 412. The fourth-order valence-electron chi connectivity index (χ4n) is 2.14. The van der Waals surface area contributed by atoms with Crippen molar-refractivity contribution in [3.63, 3.8) is 0 Å². The van der Waals surface area contributed by atoms with Gasteiger partial charge < -0.3 is 10.2 Å². The Hall–Kier alpha value is -1.16. The van der Waals surface area contributed by atoms with Crippen molar-refractivity contribution >= 4 is 5.69 Å². The predicted octanol–water partition coefficient (Wildman–Crippen LogP) is 2.24. The number of hydrogen-bond acceptors (Lipinski definition) is 2. The lowest BCUT2D eigenvalue weighted by atomic mass is 10.0. The summed E-state index contributed by atoms with van der Waals surface area (Å²) < 4.78 is 27.0. The monoisotopic (exact) mass is 226 g/mol. The largest absolute Gasteiger partial charge is 0.375 e. The standard InChI is InChI=1S/C12H16F2N2/c1-15-12(6-7-12)8-4-5-9(13)10(14)11(8)16(2)3/h4-5,15H,6-7H2,1-3H3. The quantitative estimate of drug-likeness (QED) is 0.850. The summed E-state index contributed by atoms with van der Waals surface area (Å²) in [6, 6.07) is 2.88. The van der Waals surface area contributed by atoms with E-state index in [-0.39, 0.29) is 5.54 Å². The second-order valence-electron chi connectivity index (χ2n) is 4.48. The van der Waals surface area contributed by atoms with Gasteiger partial charge in [-0.25, -0.2) is 8.78 Å². The van der Waals surface area contributed by atoms with Crippen molar-refractivity contribution < 1.29 is 8.78 Å². The molecule has 0 heterocycles. The number of anilines is 1. The van der Waals surface area contributed by atoms with Crippen LogP contribution in [0.15, 0.2) is 12.1 Å². The van der Waals surface area contributed by atoms with Gasteiger partial charge >= 0.3 is 0 Å². The molecule has 1 fully saturated rings. The maximum Gasteiger partial charge on any atom is 0.182 e. The van der Waals surface area contributed by atoms with Crippen LogP contribution in [0.2, 0.25) is 0 Å². The summed E-state index contributed by atoms with van der Waals surface area (Å²) in [4.78, 5) is 1.63. The number of nitrogens with zero attached hydrogens (tertiary/aromatic N) is 1. The molecule has 16 heavy (non-hydrogen) atoms. The Morgan fingerprint density at radius 2 is 1.88 bits per heavy atom. The molecule has 1 aliphatic carbocycles. The number of nitrogens with one attached hydrogen (secondary N) is 1. The van der Waals surface area contributed by atoms with Crippen molar-refractivity contribution in [2.24, 2.45) is 0 Å². The molecule has 2 nitrogen and oxygen atoms in total. The predicted molar refractivity (Wildman–Crippen MR) is 60.7 cm³/mol. The summed E-state index contributed by atoms with van der Waals surface area (Å²) >= 11 is 0. The molecule has 1 saturated carbocycles. The molecule has 4 heteroatoms. The first-order valence-electron chi connectivity index (χ1n) is 5.36. The summed E-state index contributed by atoms with van der Waals surface area (Å²) in [7, 11) is 5.31. The SMILES string of the molecule is CNC1(c2ccc(F)c(F)c2N(C)C)CC1. The number of rotatable bonds is 3. The molecule has 0 atom stereocenters. The summed E-state index contributed by atoms with van der Waals surface area (Å²) in [6.07, 6.45) is 1.94. The second kappa shape index (κ2) is 3.70.